The van der Waals surface area contributed by atoms with Crippen LogP contribution in [0.5, 0.6) is 0 Å². The number of benzene rings is 6. The molecule has 0 saturated carbocycles. The Labute approximate surface area is 259 Å². The van der Waals surface area contributed by atoms with E-state index in [0.717, 1.165) is 56.7 Å². The molecule has 10 rings (SSSR count). The lowest BCUT2D eigenvalue weighted by Crippen LogP contribution is -2.37. The quantitative estimate of drug-likeness (QED) is 0.205. The van der Waals surface area contributed by atoms with Crippen molar-refractivity contribution in [1.82, 2.24) is 0 Å². The summed E-state index contributed by atoms with van der Waals surface area (Å²) in [5, 5.41) is 9.54. The van der Waals surface area contributed by atoms with Crippen molar-refractivity contribution in [3.63, 3.8) is 0 Å². The van der Waals surface area contributed by atoms with E-state index in [9.17, 15) is 0 Å². The predicted molar refractivity (Wildman–Crippen MR) is 186 cm³/mol. The Balaban J connectivity index is 1.28. The van der Waals surface area contributed by atoms with Gasteiger partial charge in [0.2, 0.25) is 0 Å². The first-order valence-corrected chi connectivity index (χ1v) is 15.8. The molecule has 1 unspecified atom stereocenters. The number of hydrogen-bond acceptors (Lipinski definition) is 2. The summed E-state index contributed by atoms with van der Waals surface area (Å²) >= 11 is 0. The molecule has 0 spiro atoms. The lowest BCUT2D eigenvalue weighted by atomic mass is 9.73. The van der Waals surface area contributed by atoms with E-state index < -0.39 is 0 Å². The SMILES string of the molecule is C1=CCCC2C(=C1)C(c1cccc3ccccc13)=c1ccccc1=C2c1ccc2c(c1)oc1ccc3c4ccccc4oc3c12. The normalized spacial score (nSPS) is 16.4. The minimum atomic E-state index is 0.257. The maximum Gasteiger partial charge on any atom is 0.147 e. The van der Waals surface area contributed by atoms with Crippen molar-refractivity contribution in [2.24, 2.45) is 5.92 Å². The molecule has 2 heterocycles. The van der Waals surface area contributed by atoms with Crippen molar-refractivity contribution in [2.75, 3.05) is 0 Å². The van der Waals surface area contributed by atoms with Crippen LogP contribution in [0, 0.1) is 5.92 Å². The second-order valence-corrected chi connectivity index (χ2v) is 12.3. The Morgan fingerprint density at radius 1 is 0.578 bits per heavy atom. The van der Waals surface area contributed by atoms with Gasteiger partial charge in [0.1, 0.15) is 22.3 Å². The molecule has 45 heavy (non-hydrogen) atoms. The van der Waals surface area contributed by atoms with Gasteiger partial charge in [-0.15, -0.1) is 0 Å². The van der Waals surface area contributed by atoms with E-state index in [2.05, 4.69) is 127 Å². The summed E-state index contributed by atoms with van der Waals surface area (Å²) in [6.45, 7) is 0. The van der Waals surface area contributed by atoms with E-state index in [1.54, 1.807) is 0 Å². The fourth-order valence-corrected chi connectivity index (χ4v) is 7.95. The van der Waals surface area contributed by atoms with Crippen molar-refractivity contribution in [1.29, 1.82) is 0 Å². The molecule has 2 aromatic heterocycles. The molecule has 0 N–H and O–H groups in total. The molecule has 2 heteroatoms. The average molecular weight is 577 g/mol. The second-order valence-electron chi connectivity index (χ2n) is 12.3. The summed E-state index contributed by atoms with van der Waals surface area (Å²) in [5.74, 6) is 0.257. The van der Waals surface area contributed by atoms with Gasteiger partial charge in [0.05, 0.1) is 5.39 Å². The number of para-hydroxylation sites is 1. The van der Waals surface area contributed by atoms with E-state index in [1.165, 1.54) is 49.1 Å². The number of fused-ring (bicyclic) bond motifs is 10. The van der Waals surface area contributed by atoms with Crippen LogP contribution in [0.4, 0.5) is 0 Å². The van der Waals surface area contributed by atoms with Crippen molar-refractivity contribution in [2.45, 2.75) is 12.8 Å². The van der Waals surface area contributed by atoms with Gasteiger partial charge in [-0.1, -0.05) is 109 Å². The summed E-state index contributed by atoms with van der Waals surface area (Å²) < 4.78 is 13.0. The first kappa shape index (κ1) is 24.8. The van der Waals surface area contributed by atoms with Crippen LogP contribution in [-0.2, 0) is 0 Å². The molecule has 0 saturated heterocycles. The third-order valence-electron chi connectivity index (χ3n) is 9.88. The van der Waals surface area contributed by atoms with Crippen LogP contribution in [0.25, 0.3) is 65.8 Å². The average Bonchev–Trinajstić information content (AvgIpc) is 3.55. The van der Waals surface area contributed by atoms with Crippen LogP contribution in [0.3, 0.4) is 0 Å². The molecule has 0 radical (unpaired) electrons. The summed E-state index contributed by atoms with van der Waals surface area (Å²) in [5.41, 5.74) is 10.2. The Morgan fingerprint density at radius 2 is 1.38 bits per heavy atom. The molecular formula is C43H28O2. The highest BCUT2D eigenvalue weighted by molar-refractivity contribution is 6.22. The van der Waals surface area contributed by atoms with E-state index >= 15 is 0 Å². The monoisotopic (exact) mass is 576 g/mol. The Kier molecular flexibility index (Phi) is 5.21. The van der Waals surface area contributed by atoms with Gasteiger partial charge in [0, 0.05) is 22.1 Å². The van der Waals surface area contributed by atoms with Crippen molar-refractivity contribution in [3.8, 4) is 0 Å². The van der Waals surface area contributed by atoms with Gasteiger partial charge in [0.25, 0.3) is 0 Å². The largest absolute Gasteiger partial charge is 0.456 e. The third kappa shape index (κ3) is 3.57. The number of rotatable bonds is 2. The van der Waals surface area contributed by atoms with E-state index in [-0.39, 0.29) is 5.92 Å². The Hall–Kier alpha value is -5.60. The summed E-state index contributed by atoms with van der Waals surface area (Å²) in [4.78, 5) is 0. The van der Waals surface area contributed by atoms with Gasteiger partial charge in [-0.05, 0) is 92.2 Å². The number of allylic oxidation sites excluding steroid dienone is 4. The number of hydrogen-bond donors (Lipinski definition) is 0. The van der Waals surface area contributed by atoms with Gasteiger partial charge >= 0.3 is 0 Å². The minimum absolute atomic E-state index is 0.257. The lowest BCUT2D eigenvalue weighted by molar-refractivity contribution is 0.662. The molecule has 0 aliphatic heterocycles. The van der Waals surface area contributed by atoms with Crippen molar-refractivity contribution < 1.29 is 8.83 Å². The second kappa shape index (κ2) is 9.45. The fraction of sp³-hybridized carbons (Fsp3) is 0.0698. The third-order valence-corrected chi connectivity index (χ3v) is 9.88. The highest BCUT2D eigenvalue weighted by Gasteiger charge is 2.30. The van der Waals surface area contributed by atoms with Gasteiger partial charge < -0.3 is 8.83 Å². The van der Waals surface area contributed by atoms with E-state index in [1.807, 2.05) is 12.1 Å². The van der Waals surface area contributed by atoms with E-state index in [0.29, 0.717) is 0 Å². The Morgan fingerprint density at radius 3 is 2.33 bits per heavy atom. The topological polar surface area (TPSA) is 26.3 Å². The maximum atomic E-state index is 6.57. The van der Waals surface area contributed by atoms with Crippen LogP contribution in [0.2, 0.25) is 0 Å². The van der Waals surface area contributed by atoms with Crippen LogP contribution in [0.1, 0.15) is 24.0 Å². The van der Waals surface area contributed by atoms with Gasteiger partial charge in [0.15, 0.2) is 0 Å². The summed E-state index contributed by atoms with van der Waals surface area (Å²) in [6, 6.07) is 43.7. The van der Waals surface area contributed by atoms with Crippen LogP contribution in [0.15, 0.2) is 154 Å². The first-order valence-electron chi connectivity index (χ1n) is 15.8. The molecule has 0 bridgehead atoms. The molecule has 2 nitrogen and oxygen atoms in total. The zero-order chi connectivity index (χ0) is 29.5. The molecule has 0 fully saturated rings. The molecule has 0 amide bonds. The van der Waals surface area contributed by atoms with E-state index in [4.69, 9.17) is 8.83 Å². The highest BCUT2D eigenvalue weighted by Crippen LogP contribution is 2.44. The molecule has 2 aliphatic carbocycles. The van der Waals surface area contributed by atoms with Crippen molar-refractivity contribution in [3.05, 3.63) is 167 Å². The molecule has 6 aromatic carbocycles. The highest BCUT2D eigenvalue weighted by atomic mass is 16.3. The fourth-order valence-electron chi connectivity index (χ4n) is 7.95. The number of furan rings is 2. The van der Waals surface area contributed by atoms with Crippen molar-refractivity contribution >= 4 is 65.8 Å². The van der Waals surface area contributed by atoms with Gasteiger partial charge in [-0.2, -0.15) is 0 Å². The van der Waals surface area contributed by atoms with Crippen LogP contribution in [-0.4, -0.2) is 0 Å². The molecule has 212 valence electrons. The predicted octanol–water partition coefficient (Wildman–Crippen LogP) is 9.94. The zero-order valence-corrected chi connectivity index (χ0v) is 24.6. The lowest BCUT2D eigenvalue weighted by Gasteiger charge is -2.30. The molecule has 1 atom stereocenters. The standard InChI is InChI=1S/C43H28O2/c1-2-15-31-33(16-3-1)41(30-19-10-12-26-11-4-5-13-28(26)30)34-18-7-6-17-32(34)40(31)27-21-22-36-39(25-27)44-38-24-23-35-29-14-8-9-20-37(29)45-43(35)42(36)38/h1,3-14,16-25,31H,2,15H2. The maximum absolute atomic E-state index is 6.57. The minimum Gasteiger partial charge on any atom is -0.456 e. The molecule has 2 aliphatic rings. The molecule has 8 aromatic rings. The first-order chi connectivity index (χ1) is 22.3. The van der Waals surface area contributed by atoms with Crippen LogP contribution < -0.4 is 10.4 Å². The summed E-state index contributed by atoms with van der Waals surface area (Å²) in [7, 11) is 0. The molecular weight excluding hydrogens is 548 g/mol. The van der Waals surface area contributed by atoms with Gasteiger partial charge in [-0.3, -0.25) is 0 Å². The van der Waals surface area contributed by atoms with Crippen LogP contribution >= 0.6 is 0 Å². The Bertz CT molecular complexity index is 2710. The zero-order valence-electron chi connectivity index (χ0n) is 24.6. The van der Waals surface area contributed by atoms with Gasteiger partial charge in [-0.25, -0.2) is 0 Å². The summed E-state index contributed by atoms with van der Waals surface area (Å²) in [6.07, 6.45) is 9.03. The smallest absolute Gasteiger partial charge is 0.147 e.